The molecule has 10 heteroatoms. The maximum absolute atomic E-state index is 13.8. The summed E-state index contributed by atoms with van der Waals surface area (Å²) in [5, 5.41) is 12.3. The number of methoxy groups -OCH3 is 1. The molecule has 7 nitrogen and oxygen atoms in total. The summed E-state index contributed by atoms with van der Waals surface area (Å²) in [4.78, 5) is 56.1. The van der Waals surface area contributed by atoms with E-state index in [-0.39, 0.29) is 52.3 Å². The van der Waals surface area contributed by atoms with E-state index in [1.54, 1.807) is 12.1 Å². The lowest BCUT2D eigenvalue weighted by Gasteiger charge is -2.42. The summed E-state index contributed by atoms with van der Waals surface area (Å²) in [6.45, 7) is 0.232. The van der Waals surface area contributed by atoms with E-state index in [1.165, 1.54) is 29.4 Å². The van der Waals surface area contributed by atoms with Crippen LogP contribution in [0.5, 0.6) is 11.5 Å². The number of ether oxygens (including phenoxy) is 1. The Hall–Kier alpha value is -2.82. The average molecular weight is 659 g/mol. The summed E-state index contributed by atoms with van der Waals surface area (Å²) in [5.74, 6) is -3.03. The molecule has 2 heterocycles. The zero-order valence-corrected chi connectivity index (χ0v) is 24.1. The Kier molecular flexibility index (Phi) is 6.32. The molecule has 6 rings (SSSR count). The molecule has 1 saturated heterocycles. The molecule has 4 aliphatic rings. The van der Waals surface area contributed by atoms with Crippen molar-refractivity contribution in [3.63, 3.8) is 0 Å². The molecular weight excluding hydrogens is 638 g/mol. The average Bonchev–Trinajstić information content (AvgIpc) is 3.50. The summed E-state index contributed by atoms with van der Waals surface area (Å²) in [6.07, 6.45) is 3.84. The molecule has 1 aromatic heterocycles. The molecule has 0 spiro atoms. The van der Waals surface area contributed by atoms with E-state index in [2.05, 4.69) is 31.9 Å². The lowest BCUT2D eigenvalue weighted by Crippen LogP contribution is -2.39. The fourth-order valence-corrected chi connectivity index (χ4v) is 7.88. The molecule has 0 radical (unpaired) electrons. The topological polar surface area (TPSA) is 101 Å². The van der Waals surface area contributed by atoms with E-state index in [9.17, 15) is 24.3 Å². The Morgan fingerprint density at radius 1 is 1.13 bits per heavy atom. The molecule has 1 N–H and O–H groups in total. The van der Waals surface area contributed by atoms with E-state index in [4.69, 9.17) is 4.74 Å². The number of phenols is 1. The number of thiophene rings is 1. The van der Waals surface area contributed by atoms with Crippen LogP contribution >= 0.6 is 43.2 Å². The number of amides is 2. The molecule has 2 amide bonds. The predicted molar refractivity (Wildman–Crippen MR) is 147 cm³/mol. The highest BCUT2D eigenvalue weighted by Gasteiger charge is 2.56. The van der Waals surface area contributed by atoms with Gasteiger partial charge in [0.2, 0.25) is 11.8 Å². The van der Waals surface area contributed by atoms with Gasteiger partial charge in [0.1, 0.15) is 0 Å². The summed E-state index contributed by atoms with van der Waals surface area (Å²) >= 11 is 8.10. The Morgan fingerprint density at radius 2 is 1.92 bits per heavy atom. The summed E-state index contributed by atoms with van der Waals surface area (Å²) < 4.78 is 5.93. The first-order valence-corrected chi connectivity index (χ1v) is 14.5. The van der Waals surface area contributed by atoms with Gasteiger partial charge in [-0.3, -0.25) is 24.1 Å². The van der Waals surface area contributed by atoms with Gasteiger partial charge in [-0.2, -0.15) is 0 Å². The van der Waals surface area contributed by atoms with Crippen LogP contribution in [0.1, 0.15) is 29.2 Å². The van der Waals surface area contributed by atoms with Crippen molar-refractivity contribution in [3.8, 4) is 11.5 Å². The van der Waals surface area contributed by atoms with E-state index >= 15 is 0 Å². The number of allylic oxidation sites excluding steroid dienone is 6. The van der Waals surface area contributed by atoms with Crippen molar-refractivity contribution >= 4 is 66.6 Å². The first kappa shape index (κ1) is 25.5. The van der Waals surface area contributed by atoms with Gasteiger partial charge in [0, 0.05) is 28.0 Å². The van der Waals surface area contributed by atoms with Crippen LogP contribution in [0.3, 0.4) is 0 Å². The van der Waals surface area contributed by atoms with Gasteiger partial charge in [0.15, 0.2) is 23.1 Å². The number of halogens is 2. The monoisotopic (exact) mass is 657 g/mol. The quantitative estimate of drug-likeness (QED) is 0.276. The van der Waals surface area contributed by atoms with Gasteiger partial charge in [-0.15, -0.1) is 11.3 Å². The summed E-state index contributed by atoms with van der Waals surface area (Å²) in [7, 11) is 1.43. The maximum Gasteiger partial charge on any atom is 0.234 e. The number of hydrogen-bond donors (Lipinski definition) is 1. The summed E-state index contributed by atoms with van der Waals surface area (Å²) in [5.41, 5.74) is 2.22. The van der Waals surface area contributed by atoms with Crippen LogP contribution in [-0.4, -0.2) is 40.5 Å². The number of carbonyl (C=O) groups excluding carboxylic acids is 4. The second-order valence-electron chi connectivity index (χ2n) is 9.79. The summed E-state index contributed by atoms with van der Waals surface area (Å²) in [6, 6.07) is 7.15. The number of hydrogen-bond acceptors (Lipinski definition) is 7. The molecule has 1 fully saturated rings. The molecule has 2 aromatic rings. The van der Waals surface area contributed by atoms with Crippen LogP contribution in [0.25, 0.3) is 0 Å². The minimum atomic E-state index is -0.627. The number of aromatic hydroxyl groups is 1. The lowest BCUT2D eigenvalue weighted by molar-refractivity contribution is -0.140. The van der Waals surface area contributed by atoms with Gasteiger partial charge >= 0.3 is 0 Å². The Balaban J connectivity index is 1.48. The Morgan fingerprint density at radius 3 is 2.63 bits per heavy atom. The number of benzene rings is 1. The molecule has 0 unspecified atom stereocenters. The minimum absolute atomic E-state index is 0.0787. The second kappa shape index (κ2) is 9.43. The highest BCUT2D eigenvalue weighted by atomic mass is 79.9. The van der Waals surface area contributed by atoms with Gasteiger partial charge < -0.3 is 9.84 Å². The van der Waals surface area contributed by atoms with Crippen molar-refractivity contribution in [3.05, 3.63) is 77.9 Å². The zero-order chi connectivity index (χ0) is 26.9. The minimum Gasteiger partial charge on any atom is -0.503 e. The smallest absolute Gasteiger partial charge is 0.234 e. The third-order valence-electron chi connectivity index (χ3n) is 7.92. The number of phenolic OH excluding ortho intramolecular Hbond substituents is 1. The molecular formula is C28H21Br2NO6S. The van der Waals surface area contributed by atoms with Crippen LogP contribution in [0, 0.1) is 17.8 Å². The number of nitrogens with zero attached hydrogens (tertiary/aromatic N) is 1. The predicted octanol–water partition coefficient (Wildman–Crippen LogP) is 5.19. The molecule has 1 aliphatic heterocycles. The third-order valence-corrected chi connectivity index (χ3v) is 9.98. The largest absolute Gasteiger partial charge is 0.503 e. The van der Waals surface area contributed by atoms with E-state index in [0.717, 1.165) is 10.5 Å². The lowest BCUT2D eigenvalue weighted by atomic mass is 9.59. The van der Waals surface area contributed by atoms with E-state index in [1.807, 2.05) is 23.6 Å². The first-order valence-electron chi connectivity index (χ1n) is 12.0. The van der Waals surface area contributed by atoms with Crippen molar-refractivity contribution in [1.82, 2.24) is 4.90 Å². The molecule has 3 aliphatic carbocycles. The molecule has 1 aromatic carbocycles. The van der Waals surface area contributed by atoms with Crippen LogP contribution in [-0.2, 0) is 25.7 Å². The van der Waals surface area contributed by atoms with Crippen molar-refractivity contribution in [1.29, 1.82) is 0 Å². The number of Topliss-reactive ketones (excluding diaryl/α,β-unsaturated/α-hetero) is 1. The molecule has 4 atom stereocenters. The molecule has 0 saturated carbocycles. The third kappa shape index (κ3) is 3.79. The first-order chi connectivity index (χ1) is 18.2. The highest BCUT2D eigenvalue weighted by Crippen LogP contribution is 2.56. The number of carbonyl (C=O) groups is 4. The van der Waals surface area contributed by atoms with Gasteiger partial charge in [-0.05, 0) is 79.8 Å². The van der Waals surface area contributed by atoms with Crippen LogP contribution in [0.2, 0.25) is 0 Å². The number of likely N-dealkylation sites (tertiary alicyclic amines) is 1. The van der Waals surface area contributed by atoms with Gasteiger partial charge in [0.25, 0.3) is 0 Å². The van der Waals surface area contributed by atoms with Gasteiger partial charge in [0.05, 0.1) is 34.4 Å². The SMILES string of the molecule is COc1cc([C@H]2C3=CC[C@@H]4C(=O)N(Cc5cccs5)C(=O)[C@@H]4[C@@H]3CC3=C2C(=O)C=C(Br)C3=O)cc(Br)c1O. The van der Waals surface area contributed by atoms with Crippen LogP contribution in [0.15, 0.2) is 67.5 Å². The van der Waals surface area contributed by atoms with Crippen molar-refractivity contribution in [2.75, 3.05) is 7.11 Å². The van der Waals surface area contributed by atoms with E-state index < -0.39 is 23.7 Å². The van der Waals surface area contributed by atoms with Crippen molar-refractivity contribution < 1.29 is 29.0 Å². The van der Waals surface area contributed by atoms with Crippen LogP contribution in [0.4, 0.5) is 0 Å². The van der Waals surface area contributed by atoms with Crippen molar-refractivity contribution in [2.24, 2.45) is 17.8 Å². The van der Waals surface area contributed by atoms with E-state index in [0.29, 0.717) is 27.6 Å². The second-order valence-corrected chi connectivity index (χ2v) is 12.5. The van der Waals surface area contributed by atoms with Gasteiger partial charge in [-0.1, -0.05) is 17.7 Å². The normalized spacial score (nSPS) is 26.7. The fraction of sp³-hybridized carbons (Fsp3) is 0.286. The van der Waals surface area contributed by atoms with Crippen molar-refractivity contribution in [2.45, 2.75) is 25.3 Å². The fourth-order valence-electron chi connectivity index (χ4n) is 6.28. The molecule has 0 bridgehead atoms. The van der Waals surface area contributed by atoms with Crippen LogP contribution < -0.4 is 4.74 Å². The number of rotatable bonds is 4. The van der Waals surface area contributed by atoms with Gasteiger partial charge in [-0.25, -0.2) is 0 Å². The number of imide groups is 1. The standard InChI is InChI=1S/C28H21Br2NO6S/c1-37-21-8-12(7-18(29)26(21)34)22-14-4-5-15-23(28(36)31(27(15)35)11-13-3-2-6-38-13)16(14)9-17-24(22)20(32)10-19(30)25(17)33/h2-4,6-8,10,15-16,22-23,34H,5,9,11H2,1H3/t15-,16+,22-,23-/m0/s1. The molecule has 38 heavy (non-hydrogen) atoms. The Bertz CT molecular complexity index is 1520. The highest BCUT2D eigenvalue weighted by molar-refractivity contribution is 9.12. The zero-order valence-electron chi connectivity index (χ0n) is 20.1. The molecule has 194 valence electrons. The number of fused-ring (bicyclic) bond motifs is 3. The number of ketones is 2. The maximum atomic E-state index is 13.8. The Labute approximate surface area is 239 Å².